The van der Waals surface area contributed by atoms with Crippen LogP contribution in [0.15, 0.2) is 23.1 Å². The van der Waals surface area contributed by atoms with Gasteiger partial charge in [0.15, 0.2) is 5.76 Å². The highest BCUT2D eigenvalue weighted by Gasteiger charge is 2.21. The molecule has 2 aromatic rings. The first-order valence-corrected chi connectivity index (χ1v) is 5.76. The number of carbonyl (C=O) groups excluding carboxylic acids is 1. The second-order valence-electron chi connectivity index (χ2n) is 4.45. The van der Waals surface area contributed by atoms with Gasteiger partial charge >= 0.3 is 0 Å². The van der Waals surface area contributed by atoms with Crippen molar-refractivity contribution >= 4 is 5.91 Å². The number of hydrogen-bond acceptors (Lipinski definition) is 4. The molecule has 2 heterocycles. The van der Waals surface area contributed by atoms with Gasteiger partial charge in [-0.2, -0.15) is 5.10 Å². The molecule has 18 heavy (non-hydrogen) atoms. The number of amides is 1. The summed E-state index contributed by atoms with van der Waals surface area (Å²) in [6.45, 7) is 4.42. The highest BCUT2D eigenvalue weighted by Crippen LogP contribution is 2.21. The van der Waals surface area contributed by atoms with Gasteiger partial charge in [-0.05, 0) is 12.0 Å². The third kappa shape index (κ3) is 2.42. The van der Waals surface area contributed by atoms with E-state index >= 15 is 0 Å². The maximum absolute atomic E-state index is 12.2. The summed E-state index contributed by atoms with van der Waals surface area (Å²) in [5.74, 6) is 1.14. The van der Waals surface area contributed by atoms with Crippen LogP contribution in [-0.2, 0) is 6.54 Å². The standard InChI is InChI=1S/C12H16N4O2/c1-8(2)9-4-5-18-11(9)12(17)16(3)6-10-13-7-14-15-10/h4-5,7-8H,6H2,1-3H3,(H,13,14,15). The number of aromatic amines is 1. The van der Waals surface area contributed by atoms with Crippen molar-refractivity contribution in [3.05, 3.63) is 35.8 Å². The summed E-state index contributed by atoms with van der Waals surface area (Å²) in [6.07, 6.45) is 2.96. The maximum atomic E-state index is 12.2. The van der Waals surface area contributed by atoms with Crippen molar-refractivity contribution < 1.29 is 9.21 Å². The lowest BCUT2D eigenvalue weighted by Gasteiger charge is -2.15. The lowest BCUT2D eigenvalue weighted by Crippen LogP contribution is -2.27. The Hall–Kier alpha value is -2.11. The second kappa shape index (κ2) is 5.03. The molecule has 0 bridgehead atoms. The van der Waals surface area contributed by atoms with Crippen LogP contribution in [0.2, 0.25) is 0 Å². The van der Waals surface area contributed by atoms with Crippen molar-refractivity contribution in [3.8, 4) is 0 Å². The zero-order valence-corrected chi connectivity index (χ0v) is 10.7. The lowest BCUT2D eigenvalue weighted by atomic mass is 10.0. The second-order valence-corrected chi connectivity index (χ2v) is 4.45. The van der Waals surface area contributed by atoms with E-state index in [0.717, 1.165) is 5.56 Å². The number of H-pyrrole nitrogens is 1. The summed E-state index contributed by atoms with van der Waals surface area (Å²) >= 11 is 0. The molecule has 1 N–H and O–H groups in total. The summed E-state index contributed by atoms with van der Waals surface area (Å²) in [7, 11) is 1.71. The van der Waals surface area contributed by atoms with Gasteiger partial charge in [0.25, 0.3) is 5.91 Å². The molecule has 6 heteroatoms. The highest BCUT2D eigenvalue weighted by molar-refractivity contribution is 5.92. The minimum absolute atomic E-state index is 0.153. The van der Waals surface area contributed by atoms with E-state index in [1.54, 1.807) is 18.2 Å². The molecule has 0 aliphatic heterocycles. The fraction of sp³-hybridized carbons (Fsp3) is 0.417. The van der Waals surface area contributed by atoms with Crippen LogP contribution >= 0.6 is 0 Å². The van der Waals surface area contributed by atoms with E-state index in [1.165, 1.54) is 6.33 Å². The first-order chi connectivity index (χ1) is 8.59. The van der Waals surface area contributed by atoms with Crippen LogP contribution in [0.3, 0.4) is 0 Å². The fourth-order valence-electron chi connectivity index (χ4n) is 1.72. The van der Waals surface area contributed by atoms with Crippen molar-refractivity contribution in [3.63, 3.8) is 0 Å². The largest absolute Gasteiger partial charge is 0.459 e. The van der Waals surface area contributed by atoms with Gasteiger partial charge in [-0.3, -0.25) is 9.89 Å². The van der Waals surface area contributed by atoms with Crippen LogP contribution in [0.5, 0.6) is 0 Å². The molecular weight excluding hydrogens is 232 g/mol. The van der Waals surface area contributed by atoms with Gasteiger partial charge in [-0.15, -0.1) is 0 Å². The fourth-order valence-corrected chi connectivity index (χ4v) is 1.72. The summed E-state index contributed by atoms with van der Waals surface area (Å²) in [5, 5.41) is 6.47. The number of nitrogens with zero attached hydrogens (tertiary/aromatic N) is 3. The van der Waals surface area contributed by atoms with Crippen LogP contribution < -0.4 is 0 Å². The molecule has 0 aliphatic carbocycles. The van der Waals surface area contributed by atoms with Crippen LogP contribution in [-0.4, -0.2) is 33.0 Å². The number of furan rings is 1. The number of rotatable bonds is 4. The molecule has 0 aromatic carbocycles. The molecule has 6 nitrogen and oxygen atoms in total. The number of carbonyl (C=O) groups is 1. The first kappa shape index (κ1) is 12.3. The van der Waals surface area contributed by atoms with E-state index in [-0.39, 0.29) is 11.8 Å². The monoisotopic (exact) mass is 248 g/mol. The molecule has 0 spiro atoms. The van der Waals surface area contributed by atoms with Crippen molar-refractivity contribution in [1.82, 2.24) is 20.1 Å². The van der Waals surface area contributed by atoms with E-state index in [4.69, 9.17) is 4.42 Å². The van der Waals surface area contributed by atoms with Gasteiger partial charge < -0.3 is 9.32 Å². The number of nitrogens with one attached hydrogen (secondary N) is 1. The summed E-state index contributed by atoms with van der Waals surface area (Å²) in [4.78, 5) is 17.8. The zero-order chi connectivity index (χ0) is 13.1. The average molecular weight is 248 g/mol. The van der Waals surface area contributed by atoms with E-state index < -0.39 is 0 Å². The molecule has 2 rings (SSSR count). The van der Waals surface area contributed by atoms with Crippen molar-refractivity contribution in [2.24, 2.45) is 0 Å². The average Bonchev–Trinajstić information content (AvgIpc) is 2.97. The normalized spacial score (nSPS) is 10.9. The minimum atomic E-state index is -0.153. The van der Waals surface area contributed by atoms with Crippen molar-refractivity contribution in [1.29, 1.82) is 0 Å². The molecule has 0 fully saturated rings. The Morgan fingerprint density at radius 1 is 1.56 bits per heavy atom. The molecule has 0 radical (unpaired) electrons. The van der Waals surface area contributed by atoms with Gasteiger partial charge in [0, 0.05) is 12.6 Å². The van der Waals surface area contributed by atoms with Gasteiger partial charge in [-0.25, -0.2) is 4.98 Å². The van der Waals surface area contributed by atoms with Crippen molar-refractivity contribution in [2.75, 3.05) is 7.05 Å². The molecule has 0 aliphatic rings. The Labute approximate surface area is 105 Å². The van der Waals surface area contributed by atoms with Crippen LogP contribution in [0, 0.1) is 0 Å². The van der Waals surface area contributed by atoms with Gasteiger partial charge in [0.05, 0.1) is 12.8 Å². The van der Waals surface area contributed by atoms with E-state index in [2.05, 4.69) is 15.2 Å². The number of hydrogen-bond donors (Lipinski definition) is 1. The SMILES string of the molecule is CC(C)c1ccoc1C(=O)N(C)Cc1ncn[nH]1. The van der Waals surface area contributed by atoms with Crippen LogP contribution in [0.4, 0.5) is 0 Å². The van der Waals surface area contributed by atoms with E-state index in [1.807, 2.05) is 19.9 Å². The van der Waals surface area contributed by atoms with Crippen LogP contribution in [0.25, 0.3) is 0 Å². The summed E-state index contributed by atoms with van der Waals surface area (Å²) < 4.78 is 5.29. The van der Waals surface area contributed by atoms with Gasteiger partial charge in [-0.1, -0.05) is 13.8 Å². The van der Waals surface area contributed by atoms with Gasteiger partial charge in [0.2, 0.25) is 0 Å². The Morgan fingerprint density at radius 3 is 2.94 bits per heavy atom. The minimum Gasteiger partial charge on any atom is -0.459 e. The smallest absolute Gasteiger partial charge is 0.289 e. The third-order valence-electron chi connectivity index (χ3n) is 2.71. The van der Waals surface area contributed by atoms with E-state index in [9.17, 15) is 4.79 Å². The maximum Gasteiger partial charge on any atom is 0.289 e. The summed E-state index contributed by atoms with van der Waals surface area (Å²) in [6, 6.07) is 1.83. The predicted molar refractivity (Wildman–Crippen MR) is 65.0 cm³/mol. The van der Waals surface area contributed by atoms with Crippen LogP contribution in [0.1, 0.15) is 41.7 Å². The molecule has 0 saturated carbocycles. The van der Waals surface area contributed by atoms with Crippen molar-refractivity contribution in [2.45, 2.75) is 26.3 Å². The Bertz CT molecular complexity index is 516. The molecular formula is C12H16N4O2. The zero-order valence-electron chi connectivity index (χ0n) is 10.7. The molecule has 96 valence electrons. The predicted octanol–water partition coefficient (Wildman–Crippen LogP) is 1.79. The highest BCUT2D eigenvalue weighted by atomic mass is 16.3. The number of aromatic nitrogens is 3. The Morgan fingerprint density at radius 2 is 2.33 bits per heavy atom. The molecule has 0 atom stereocenters. The molecule has 0 unspecified atom stereocenters. The Kier molecular flexibility index (Phi) is 3.45. The molecule has 1 amide bonds. The summed E-state index contributed by atoms with van der Waals surface area (Å²) in [5.41, 5.74) is 0.921. The lowest BCUT2D eigenvalue weighted by molar-refractivity contribution is 0.0748. The third-order valence-corrected chi connectivity index (χ3v) is 2.71. The quantitative estimate of drug-likeness (QED) is 0.895. The van der Waals surface area contributed by atoms with E-state index in [0.29, 0.717) is 18.1 Å². The first-order valence-electron chi connectivity index (χ1n) is 5.76. The topological polar surface area (TPSA) is 75.0 Å². The van der Waals surface area contributed by atoms with Gasteiger partial charge in [0.1, 0.15) is 12.2 Å². The Balaban J connectivity index is 2.13. The molecule has 0 saturated heterocycles. The molecule has 2 aromatic heterocycles.